The summed E-state index contributed by atoms with van der Waals surface area (Å²) in [4.78, 5) is 42.3. The van der Waals surface area contributed by atoms with Crippen LogP contribution in [0.15, 0.2) is 53.3 Å². The second-order valence-electron chi connectivity index (χ2n) is 9.98. The van der Waals surface area contributed by atoms with Crippen molar-refractivity contribution in [2.75, 3.05) is 11.4 Å². The van der Waals surface area contributed by atoms with Crippen molar-refractivity contribution in [2.24, 2.45) is 0 Å². The van der Waals surface area contributed by atoms with Gasteiger partial charge in [0, 0.05) is 30.7 Å². The van der Waals surface area contributed by atoms with Crippen LogP contribution >= 0.6 is 35.3 Å². The van der Waals surface area contributed by atoms with Crippen LogP contribution in [0.5, 0.6) is 0 Å². The zero-order chi connectivity index (χ0) is 27.3. The summed E-state index contributed by atoms with van der Waals surface area (Å²) in [5.41, 5.74) is 4.33. The average molecular weight is 578 g/mol. The molecule has 2 fully saturated rings. The van der Waals surface area contributed by atoms with Crippen LogP contribution in [0.1, 0.15) is 48.8 Å². The third kappa shape index (κ3) is 4.64. The smallest absolute Gasteiger partial charge is 0.323 e. The third-order valence-electron chi connectivity index (χ3n) is 7.69. The number of thioether (sulfide) groups is 1. The molecule has 3 heterocycles. The van der Waals surface area contributed by atoms with Gasteiger partial charge < -0.3 is 10.0 Å². The first-order valence-corrected chi connectivity index (χ1v) is 15.1. The van der Waals surface area contributed by atoms with Crippen LogP contribution in [0.4, 0.5) is 5.69 Å². The predicted molar refractivity (Wildman–Crippen MR) is 159 cm³/mol. The number of thiazole rings is 1. The molecule has 2 aliphatic heterocycles. The zero-order valence-electron chi connectivity index (χ0n) is 21.3. The van der Waals surface area contributed by atoms with Gasteiger partial charge in [0.2, 0.25) is 0 Å². The molecule has 2 aromatic carbocycles. The minimum atomic E-state index is -1.14. The first-order valence-electron chi connectivity index (χ1n) is 13.0. The normalized spacial score (nSPS) is 22.1. The lowest BCUT2D eigenvalue weighted by atomic mass is 9.96. The summed E-state index contributed by atoms with van der Waals surface area (Å²) in [5.74, 6) is -0.969. The van der Waals surface area contributed by atoms with Crippen molar-refractivity contribution in [3.63, 3.8) is 0 Å². The summed E-state index contributed by atoms with van der Waals surface area (Å²) in [5, 5.41) is 9.49. The number of carboxylic acids is 1. The van der Waals surface area contributed by atoms with E-state index in [1.807, 2.05) is 25.1 Å². The number of amides is 1. The van der Waals surface area contributed by atoms with Gasteiger partial charge in [-0.15, -0.1) is 11.3 Å². The maximum Gasteiger partial charge on any atom is 0.323 e. The van der Waals surface area contributed by atoms with Crippen molar-refractivity contribution in [3.05, 3.63) is 84.8 Å². The molecular weight excluding hydrogens is 551 g/mol. The number of carbonyl (C=O) groups is 2. The molecule has 39 heavy (non-hydrogen) atoms. The number of hydrogen-bond donors (Lipinski definition) is 1. The van der Waals surface area contributed by atoms with Crippen LogP contribution in [0.3, 0.4) is 0 Å². The molecule has 0 bridgehead atoms. The van der Waals surface area contributed by atoms with Crippen LogP contribution in [0.25, 0.3) is 11.0 Å². The highest BCUT2D eigenvalue weighted by molar-refractivity contribution is 8.30. The van der Waals surface area contributed by atoms with Crippen LogP contribution in [-0.4, -0.2) is 43.4 Å². The number of rotatable bonds is 6. The Balaban J connectivity index is 1.43. The Morgan fingerprint density at radius 2 is 1.95 bits per heavy atom. The van der Waals surface area contributed by atoms with E-state index in [1.54, 1.807) is 0 Å². The molecule has 3 aromatic rings. The van der Waals surface area contributed by atoms with Gasteiger partial charge in [0.25, 0.3) is 11.5 Å². The number of aliphatic carboxylic acids is 1. The van der Waals surface area contributed by atoms with Gasteiger partial charge in [0.15, 0.2) is 0 Å². The van der Waals surface area contributed by atoms with Gasteiger partial charge in [-0.3, -0.25) is 23.9 Å². The topological polar surface area (TPSA) is 82.9 Å². The van der Waals surface area contributed by atoms with Crippen molar-refractivity contribution < 1.29 is 14.7 Å². The third-order valence-corrected chi connectivity index (χ3v) is 10.4. The molecule has 10 heteroatoms. The molecule has 1 N–H and O–H groups in total. The number of fused-ring (bicyclic) bond motifs is 3. The molecule has 3 aliphatic rings. The molecule has 1 amide bonds. The number of nitrogens with zero attached hydrogens (tertiary/aromatic N) is 3. The van der Waals surface area contributed by atoms with E-state index in [1.165, 1.54) is 39.1 Å². The van der Waals surface area contributed by atoms with Crippen LogP contribution in [0.2, 0.25) is 0 Å². The fraction of sp³-hybridized carbons (Fsp3) is 0.310. The van der Waals surface area contributed by atoms with Crippen LogP contribution in [0, 0.1) is 0 Å². The Hall–Kier alpha value is -3.21. The summed E-state index contributed by atoms with van der Waals surface area (Å²) in [6, 6.07) is 17.3. The quantitative estimate of drug-likeness (QED) is 0.450. The highest BCUT2D eigenvalue weighted by Gasteiger charge is 2.41. The largest absolute Gasteiger partial charge is 0.480 e. The number of carboxylic acid groups (broad SMARTS) is 1. The highest BCUT2D eigenvalue weighted by Crippen LogP contribution is 2.50. The van der Waals surface area contributed by atoms with Crippen molar-refractivity contribution >= 4 is 68.2 Å². The van der Waals surface area contributed by atoms with Crippen LogP contribution < -0.4 is 19.7 Å². The Kier molecular flexibility index (Phi) is 6.95. The molecule has 7 nitrogen and oxygen atoms in total. The summed E-state index contributed by atoms with van der Waals surface area (Å²) in [6.07, 6.45) is 5.33. The first kappa shape index (κ1) is 26.0. The maximum atomic E-state index is 13.4. The molecule has 1 saturated carbocycles. The minimum Gasteiger partial charge on any atom is -0.480 e. The molecule has 1 aromatic heterocycles. The molecule has 1 saturated heterocycles. The SMILES string of the molecule is CCN1C(=O)/C(=c2\s/c(=C/c3ccc4c(c3)C3CCCC3N4Cc3ccccc3)c(=O)n2CC(=O)O)SC1=S. The average Bonchev–Trinajstić information content (AvgIpc) is 3.65. The van der Waals surface area contributed by atoms with E-state index in [4.69, 9.17) is 12.2 Å². The maximum absolute atomic E-state index is 13.4. The number of benzene rings is 2. The lowest BCUT2D eigenvalue weighted by Gasteiger charge is -2.27. The van der Waals surface area contributed by atoms with Gasteiger partial charge in [0.05, 0.1) is 4.53 Å². The standard InChI is InChI=1S/C29H27N3O4S3/c1-2-30-27(36)25(39-29(30)37)28-32(16-24(33)34)26(35)23(38-28)14-18-11-12-22-20(13-18)19-9-6-10-21(19)31(22)15-17-7-4-3-5-8-17/h3-5,7-8,11-14,19,21H,2,6,9-10,15-16H2,1H3,(H,33,34)/b23-14+,28-25+. The van der Waals surface area contributed by atoms with Crippen molar-refractivity contribution in [3.8, 4) is 0 Å². The summed E-state index contributed by atoms with van der Waals surface area (Å²) in [7, 11) is 0. The Bertz CT molecular complexity index is 1680. The minimum absolute atomic E-state index is 0.289. The number of thiocarbonyl (C=S) groups is 1. The van der Waals surface area contributed by atoms with E-state index in [9.17, 15) is 19.5 Å². The van der Waals surface area contributed by atoms with Crippen molar-refractivity contribution in [1.29, 1.82) is 0 Å². The van der Waals surface area contributed by atoms with Crippen molar-refractivity contribution in [1.82, 2.24) is 9.47 Å². The Labute approximate surface area is 239 Å². The van der Waals surface area contributed by atoms with E-state index < -0.39 is 18.1 Å². The van der Waals surface area contributed by atoms with Gasteiger partial charge in [-0.1, -0.05) is 66.8 Å². The van der Waals surface area contributed by atoms with E-state index in [0.29, 0.717) is 36.9 Å². The lowest BCUT2D eigenvalue weighted by Crippen LogP contribution is -2.35. The molecule has 0 spiro atoms. The molecule has 200 valence electrons. The van der Waals surface area contributed by atoms with Gasteiger partial charge in [-0.25, -0.2) is 0 Å². The highest BCUT2D eigenvalue weighted by atomic mass is 32.2. The number of carbonyl (C=O) groups excluding carboxylic acids is 1. The Morgan fingerprint density at radius 1 is 1.15 bits per heavy atom. The van der Waals surface area contributed by atoms with Crippen LogP contribution in [-0.2, 0) is 22.7 Å². The fourth-order valence-electron chi connectivity index (χ4n) is 5.98. The lowest BCUT2D eigenvalue weighted by molar-refractivity contribution is -0.137. The number of hydrogen-bond acceptors (Lipinski definition) is 7. The zero-order valence-corrected chi connectivity index (χ0v) is 23.8. The predicted octanol–water partition coefficient (Wildman–Crippen LogP) is 3.47. The summed E-state index contributed by atoms with van der Waals surface area (Å²) in [6.45, 7) is 2.60. The van der Waals surface area contributed by atoms with Gasteiger partial charge >= 0.3 is 5.97 Å². The van der Waals surface area contributed by atoms with E-state index >= 15 is 0 Å². The fourth-order valence-corrected chi connectivity index (χ4v) is 8.62. The number of anilines is 1. The second-order valence-corrected chi connectivity index (χ2v) is 12.7. The molecular formula is C29H27N3O4S3. The summed E-state index contributed by atoms with van der Waals surface area (Å²) < 4.78 is 2.33. The van der Waals surface area contributed by atoms with Crippen molar-refractivity contribution in [2.45, 2.75) is 51.2 Å². The first-order chi connectivity index (χ1) is 18.9. The van der Waals surface area contributed by atoms with Gasteiger partial charge in [0.1, 0.15) is 20.4 Å². The Morgan fingerprint density at radius 3 is 2.67 bits per heavy atom. The van der Waals surface area contributed by atoms with E-state index in [-0.39, 0.29) is 5.91 Å². The van der Waals surface area contributed by atoms with E-state index in [2.05, 4.69) is 41.3 Å². The number of aromatic nitrogens is 1. The molecule has 2 unspecified atom stereocenters. The van der Waals surface area contributed by atoms with Gasteiger partial charge in [-0.05, 0) is 54.7 Å². The molecule has 1 aliphatic carbocycles. The molecule has 6 rings (SSSR count). The second kappa shape index (κ2) is 10.4. The summed E-state index contributed by atoms with van der Waals surface area (Å²) >= 11 is 7.61. The van der Waals surface area contributed by atoms with Gasteiger partial charge in [-0.2, -0.15) is 0 Å². The molecule has 0 radical (unpaired) electrons. The van der Waals surface area contributed by atoms with E-state index in [0.717, 1.165) is 41.6 Å². The monoisotopic (exact) mass is 577 g/mol. The molecule has 2 atom stereocenters.